The highest BCUT2D eigenvalue weighted by Crippen LogP contribution is 2.36. The fourth-order valence-corrected chi connectivity index (χ4v) is 2.93. The number of allylic oxidation sites excluding steroid dienone is 2. The molecule has 7 nitrogen and oxygen atoms in total. The molecule has 27 heavy (non-hydrogen) atoms. The first-order valence-electron chi connectivity index (χ1n) is 8.31. The molecule has 1 aromatic heterocycles. The number of aromatic nitrogens is 1. The summed E-state index contributed by atoms with van der Waals surface area (Å²) in [4.78, 5) is 39.2. The fourth-order valence-electron chi connectivity index (χ4n) is 2.93. The molecule has 1 aliphatic heterocycles. The second kappa shape index (κ2) is 7.97. The molecule has 1 aromatic carbocycles. The molecule has 1 aliphatic rings. The van der Waals surface area contributed by atoms with Gasteiger partial charge in [-0.15, -0.1) is 0 Å². The molecule has 0 amide bonds. The van der Waals surface area contributed by atoms with Gasteiger partial charge in [0.2, 0.25) is 0 Å². The lowest BCUT2D eigenvalue weighted by molar-refractivity contribution is -0.114. The van der Waals surface area contributed by atoms with E-state index in [4.69, 9.17) is 4.65 Å². The molecule has 3 rings (SSSR count). The number of hydrogen-bond acceptors (Lipinski definition) is 6. The van der Waals surface area contributed by atoms with Gasteiger partial charge in [0.1, 0.15) is 5.75 Å². The van der Waals surface area contributed by atoms with Gasteiger partial charge in [-0.1, -0.05) is 12.1 Å². The highest BCUT2D eigenvalue weighted by molar-refractivity contribution is 6.47. The summed E-state index contributed by atoms with van der Waals surface area (Å²) < 4.78 is 5.36. The van der Waals surface area contributed by atoms with Gasteiger partial charge in [0.05, 0.1) is 5.56 Å². The van der Waals surface area contributed by atoms with Crippen molar-refractivity contribution in [2.24, 2.45) is 0 Å². The van der Waals surface area contributed by atoms with Gasteiger partial charge in [-0.3, -0.25) is 14.6 Å². The van der Waals surface area contributed by atoms with Crippen LogP contribution in [0.15, 0.2) is 54.9 Å². The highest BCUT2D eigenvalue weighted by Gasteiger charge is 2.37. The quantitative estimate of drug-likeness (QED) is 0.457. The number of aromatic carboxylic acids is 1. The lowest BCUT2D eigenvalue weighted by Gasteiger charge is -2.27. The number of nitrogens with zero attached hydrogens (tertiary/aromatic N) is 1. The number of ketones is 2. The lowest BCUT2D eigenvalue weighted by atomic mass is 9.64. The molecule has 2 N–H and O–H groups in total. The Labute approximate surface area is 155 Å². The van der Waals surface area contributed by atoms with E-state index in [1.165, 1.54) is 24.4 Å². The Hall–Kier alpha value is -3.26. The number of hydrogen-bond donors (Lipinski definition) is 2. The summed E-state index contributed by atoms with van der Waals surface area (Å²) in [7, 11) is -1.30. The Kier molecular flexibility index (Phi) is 5.47. The second-order valence-corrected chi connectivity index (χ2v) is 6.18. The third kappa shape index (κ3) is 4.29. The van der Waals surface area contributed by atoms with Crippen molar-refractivity contribution >= 4 is 24.7 Å². The number of carboxylic acid groups (broad SMARTS) is 1. The number of carboxylic acids is 1. The molecular weight excluding hydrogens is 349 g/mol. The predicted octanol–water partition coefficient (Wildman–Crippen LogP) is 1.96. The zero-order chi connectivity index (χ0) is 19.4. The molecule has 0 fully saturated rings. The molecule has 0 bridgehead atoms. The Balaban J connectivity index is 1.67. The van der Waals surface area contributed by atoms with Gasteiger partial charge in [0.25, 0.3) is 0 Å². The SMILES string of the molecule is O=C(/C=C/C(=O)c1cccnc1)C[C@H]1Cc2cccc(C(=O)O)c2OB1O. The van der Waals surface area contributed by atoms with Crippen molar-refractivity contribution in [1.82, 2.24) is 4.98 Å². The number of carbonyl (C=O) groups excluding carboxylic acids is 2. The van der Waals surface area contributed by atoms with Crippen LogP contribution in [0.3, 0.4) is 0 Å². The normalized spacial score (nSPS) is 15.9. The maximum Gasteiger partial charge on any atom is 0.526 e. The van der Waals surface area contributed by atoms with Crippen LogP contribution in [-0.2, 0) is 11.2 Å². The minimum atomic E-state index is -1.30. The van der Waals surface area contributed by atoms with E-state index in [9.17, 15) is 24.5 Å². The maximum absolute atomic E-state index is 12.2. The molecule has 0 unspecified atom stereocenters. The van der Waals surface area contributed by atoms with E-state index in [-0.39, 0.29) is 29.3 Å². The van der Waals surface area contributed by atoms with Crippen molar-refractivity contribution in [3.8, 4) is 5.75 Å². The van der Waals surface area contributed by atoms with Gasteiger partial charge in [-0.2, -0.15) is 0 Å². The summed E-state index contributed by atoms with van der Waals surface area (Å²) in [5.41, 5.74) is 0.962. The van der Waals surface area contributed by atoms with Gasteiger partial charge in [-0.05, 0) is 42.3 Å². The van der Waals surface area contributed by atoms with Crippen LogP contribution in [0.5, 0.6) is 5.75 Å². The summed E-state index contributed by atoms with van der Waals surface area (Å²) in [6, 6.07) is 7.91. The number of para-hydroxylation sites is 1. The van der Waals surface area contributed by atoms with Gasteiger partial charge in [0.15, 0.2) is 11.6 Å². The number of pyridine rings is 1. The Morgan fingerprint density at radius 1 is 1.22 bits per heavy atom. The van der Waals surface area contributed by atoms with Crippen LogP contribution in [0, 0.1) is 0 Å². The van der Waals surface area contributed by atoms with Gasteiger partial charge in [-0.25, -0.2) is 4.79 Å². The first-order valence-corrected chi connectivity index (χ1v) is 8.31. The zero-order valence-corrected chi connectivity index (χ0v) is 14.2. The Bertz CT molecular complexity index is 912. The van der Waals surface area contributed by atoms with Crippen LogP contribution in [0.1, 0.15) is 32.7 Å². The topological polar surface area (TPSA) is 114 Å². The highest BCUT2D eigenvalue weighted by atomic mass is 16.5. The average molecular weight is 365 g/mol. The van der Waals surface area contributed by atoms with E-state index in [1.54, 1.807) is 30.5 Å². The van der Waals surface area contributed by atoms with Crippen LogP contribution < -0.4 is 4.65 Å². The molecule has 0 spiro atoms. The summed E-state index contributed by atoms with van der Waals surface area (Å²) >= 11 is 0. The molecule has 8 heteroatoms. The molecule has 0 aliphatic carbocycles. The van der Waals surface area contributed by atoms with Crippen molar-refractivity contribution < 1.29 is 29.2 Å². The second-order valence-electron chi connectivity index (χ2n) is 6.18. The van der Waals surface area contributed by atoms with Crippen molar-refractivity contribution in [2.45, 2.75) is 18.7 Å². The third-order valence-electron chi connectivity index (χ3n) is 4.28. The minimum absolute atomic E-state index is 0.0294. The van der Waals surface area contributed by atoms with E-state index in [0.717, 1.165) is 0 Å². The van der Waals surface area contributed by atoms with Crippen LogP contribution in [0.25, 0.3) is 0 Å². The number of carbonyl (C=O) groups is 3. The molecular formula is C19H16BNO6. The van der Waals surface area contributed by atoms with E-state index in [2.05, 4.69) is 4.98 Å². The van der Waals surface area contributed by atoms with E-state index in [0.29, 0.717) is 17.5 Å². The molecule has 0 saturated carbocycles. The van der Waals surface area contributed by atoms with Crippen molar-refractivity contribution in [3.05, 3.63) is 71.6 Å². The van der Waals surface area contributed by atoms with Crippen molar-refractivity contribution in [2.75, 3.05) is 0 Å². The van der Waals surface area contributed by atoms with E-state index in [1.807, 2.05) is 0 Å². The first kappa shape index (κ1) is 18.5. The fraction of sp³-hybridized carbons (Fsp3) is 0.158. The Morgan fingerprint density at radius 3 is 2.74 bits per heavy atom. The van der Waals surface area contributed by atoms with Gasteiger partial charge < -0.3 is 14.8 Å². The molecule has 1 atom stereocenters. The molecule has 0 saturated heterocycles. The van der Waals surface area contributed by atoms with Crippen LogP contribution >= 0.6 is 0 Å². The number of rotatable bonds is 6. The monoisotopic (exact) mass is 365 g/mol. The molecule has 136 valence electrons. The van der Waals surface area contributed by atoms with Crippen molar-refractivity contribution in [1.29, 1.82) is 0 Å². The maximum atomic E-state index is 12.2. The average Bonchev–Trinajstić information content (AvgIpc) is 2.66. The third-order valence-corrected chi connectivity index (χ3v) is 4.28. The van der Waals surface area contributed by atoms with Crippen LogP contribution in [0.2, 0.25) is 5.82 Å². The van der Waals surface area contributed by atoms with Gasteiger partial charge in [0, 0.05) is 30.2 Å². The molecule has 2 heterocycles. The smallest absolute Gasteiger partial charge is 0.526 e. The Morgan fingerprint density at radius 2 is 2.04 bits per heavy atom. The summed E-state index contributed by atoms with van der Waals surface area (Å²) in [6.07, 6.45) is 5.57. The zero-order valence-electron chi connectivity index (χ0n) is 14.2. The molecule has 0 radical (unpaired) electrons. The number of benzene rings is 1. The standard InChI is InChI=1S/C19H16BNO6/c22-15(6-7-17(23)13-4-2-8-21-11-13)10-14-9-12-3-1-5-16(19(24)25)18(12)27-20(14)26/h1-8,11,14,26H,9-10H2,(H,24,25)/b7-6+/t14-/m1/s1. The van der Waals surface area contributed by atoms with E-state index >= 15 is 0 Å². The van der Waals surface area contributed by atoms with E-state index < -0.39 is 18.9 Å². The van der Waals surface area contributed by atoms with Crippen molar-refractivity contribution in [3.63, 3.8) is 0 Å². The largest absolute Gasteiger partial charge is 0.535 e. The summed E-state index contributed by atoms with van der Waals surface area (Å²) in [5, 5.41) is 19.4. The van der Waals surface area contributed by atoms with Crippen LogP contribution in [0.4, 0.5) is 0 Å². The molecule has 2 aromatic rings. The summed E-state index contributed by atoms with van der Waals surface area (Å²) in [6.45, 7) is 0. The predicted molar refractivity (Wildman–Crippen MR) is 96.8 cm³/mol. The van der Waals surface area contributed by atoms with Crippen LogP contribution in [-0.4, -0.2) is 39.8 Å². The minimum Gasteiger partial charge on any atom is -0.535 e. The lowest BCUT2D eigenvalue weighted by Crippen LogP contribution is -2.35. The first-order chi connectivity index (χ1) is 13.0. The number of fused-ring (bicyclic) bond motifs is 1. The van der Waals surface area contributed by atoms with Gasteiger partial charge >= 0.3 is 13.1 Å². The summed E-state index contributed by atoms with van der Waals surface area (Å²) in [5.74, 6) is -2.23.